The summed E-state index contributed by atoms with van der Waals surface area (Å²) in [6, 6.07) is 4.37. The molecule has 17 heavy (non-hydrogen) atoms. The fraction of sp³-hybridized carbons (Fsp3) is 0.333. The molecule has 0 saturated carbocycles. The van der Waals surface area contributed by atoms with E-state index in [4.69, 9.17) is 0 Å². The highest BCUT2D eigenvalue weighted by Gasteiger charge is 2.33. The predicted octanol–water partition coefficient (Wildman–Crippen LogP) is 3.68. The third-order valence-electron chi connectivity index (χ3n) is 2.63. The van der Waals surface area contributed by atoms with E-state index in [1.807, 2.05) is 12.4 Å². The van der Waals surface area contributed by atoms with E-state index in [2.05, 4.69) is 5.32 Å². The molecule has 1 heterocycles. The second-order valence-corrected chi connectivity index (χ2v) is 4.67. The summed E-state index contributed by atoms with van der Waals surface area (Å²) in [4.78, 5) is 0. The molecule has 1 nitrogen and oxygen atoms in total. The largest absolute Gasteiger partial charge is 0.417 e. The number of thiophene rings is 1. The van der Waals surface area contributed by atoms with E-state index in [0.717, 1.165) is 30.0 Å². The van der Waals surface area contributed by atoms with Crippen molar-refractivity contribution < 1.29 is 13.2 Å². The molecule has 0 saturated heterocycles. The van der Waals surface area contributed by atoms with Crippen LogP contribution in [0.1, 0.15) is 11.1 Å². The van der Waals surface area contributed by atoms with Gasteiger partial charge in [-0.3, -0.25) is 0 Å². The smallest absolute Gasteiger partial charge is 0.319 e. The van der Waals surface area contributed by atoms with Crippen molar-refractivity contribution in [2.75, 3.05) is 13.6 Å². The lowest BCUT2D eigenvalue weighted by Gasteiger charge is -2.07. The maximum atomic E-state index is 12.8. The molecule has 0 aliphatic heterocycles. The van der Waals surface area contributed by atoms with Gasteiger partial charge in [-0.25, -0.2) is 0 Å². The van der Waals surface area contributed by atoms with Crippen LogP contribution in [0.5, 0.6) is 0 Å². The first-order valence-corrected chi connectivity index (χ1v) is 6.13. The third-order valence-corrected chi connectivity index (χ3v) is 3.71. The Kier molecular flexibility index (Phi) is 3.40. The molecule has 2 rings (SSSR count). The maximum absolute atomic E-state index is 12.8. The molecule has 0 bridgehead atoms. The normalized spacial score (nSPS) is 12.2. The number of benzene rings is 1. The van der Waals surface area contributed by atoms with E-state index in [1.54, 1.807) is 6.07 Å². The first kappa shape index (κ1) is 12.4. The molecule has 0 unspecified atom stereocenters. The summed E-state index contributed by atoms with van der Waals surface area (Å²) in [5, 5.41) is 5.54. The molecule has 0 aliphatic carbocycles. The van der Waals surface area contributed by atoms with Gasteiger partial charge in [0.05, 0.1) is 5.56 Å². The van der Waals surface area contributed by atoms with Crippen molar-refractivity contribution in [3.8, 4) is 0 Å². The van der Waals surface area contributed by atoms with Crippen molar-refractivity contribution in [1.29, 1.82) is 0 Å². The van der Waals surface area contributed by atoms with Gasteiger partial charge in [-0.2, -0.15) is 13.2 Å². The first-order chi connectivity index (χ1) is 8.04. The molecule has 1 aromatic carbocycles. The molecule has 1 aromatic heterocycles. The van der Waals surface area contributed by atoms with Gasteiger partial charge in [-0.15, -0.1) is 11.3 Å². The molecule has 2 aromatic rings. The van der Waals surface area contributed by atoms with E-state index >= 15 is 0 Å². The van der Waals surface area contributed by atoms with Gasteiger partial charge in [-0.1, -0.05) is 12.1 Å². The molecular weight excluding hydrogens is 247 g/mol. The highest BCUT2D eigenvalue weighted by atomic mass is 32.1. The Morgan fingerprint density at radius 1 is 1.29 bits per heavy atom. The zero-order valence-corrected chi connectivity index (χ0v) is 10.1. The monoisotopic (exact) mass is 259 g/mol. The van der Waals surface area contributed by atoms with E-state index in [9.17, 15) is 13.2 Å². The SMILES string of the molecule is CNCCc1csc2c(C(F)(F)F)cccc12. The number of hydrogen-bond donors (Lipinski definition) is 1. The van der Waals surface area contributed by atoms with E-state index < -0.39 is 11.7 Å². The van der Waals surface area contributed by atoms with Crippen LogP contribution < -0.4 is 5.32 Å². The van der Waals surface area contributed by atoms with Crippen LogP contribution in [-0.4, -0.2) is 13.6 Å². The van der Waals surface area contributed by atoms with Gasteiger partial charge in [0.25, 0.3) is 0 Å². The van der Waals surface area contributed by atoms with Gasteiger partial charge in [0.2, 0.25) is 0 Å². The topological polar surface area (TPSA) is 12.0 Å². The summed E-state index contributed by atoms with van der Waals surface area (Å²) in [5.74, 6) is 0. The zero-order valence-electron chi connectivity index (χ0n) is 9.27. The Hall–Kier alpha value is -1.07. The lowest BCUT2D eigenvalue weighted by atomic mass is 10.1. The summed E-state index contributed by atoms with van der Waals surface area (Å²) >= 11 is 1.17. The molecule has 0 amide bonds. The second kappa shape index (κ2) is 4.66. The van der Waals surface area contributed by atoms with Crippen LogP contribution >= 0.6 is 11.3 Å². The number of halogens is 3. The third kappa shape index (κ3) is 2.45. The van der Waals surface area contributed by atoms with Gasteiger partial charge in [0.1, 0.15) is 0 Å². The Morgan fingerprint density at radius 3 is 2.71 bits per heavy atom. The van der Waals surface area contributed by atoms with Crippen molar-refractivity contribution in [3.63, 3.8) is 0 Å². The van der Waals surface area contributed by atoms with Crippen molar-refractivity contribution >= 4 is 21.4 Å². The molecule has 5 heteroatoms. The van der Waals surface area contributed by atoms with Crippen molar-refractivity contribution in [2.45, 2.75) is 12.6 Å². The van der Waals surface area contributed by atoms with Gasteiger partial charge < -0.3 is 5.32 Å². The van der Waals surface area contributed by atoms with Crippen LogP contribution in [0.15, 0.2) is 23.6 Å². The van der Waals surface area contributed by atoms with E-state index in [-0.39, 0.29) is 0 Å². The standard InChI is InChI=1S/C12H12F3NS/c1-16-6-5-8-7-17-11-9(8)3-2-4-10(11)12(13,14)15/h2-4,7,16H,5-6H2,1H3. The molecule has 0 radical (unpaired) electrons. The zero-order chi connectivity index (χ0) is 12.5. The van der Waals surface area contributed by atoms with Crippen LogP contribution in [-0.2, 0) is 12.6 Å². The van der Waals surface area contributed by atoms with Gasteiger partial charge in [0.15, 0.2) is 0 Å². The van der Waals surface area contributed by atoms with E-state index in [1.165, 1.54) is 17.4 Å². The van der Waals surface area contributed by atoms with Crippen molar-refractivity contribution in [1.82, 2.24) is 5.32 Å². The number of alkyl halides is 3. The molecule has 0 fully saturated rings. The van der Waals surface area contributed by atoms with Gasteiger partial charge >= 0.3 is 6.18 Å². The molecular formula is C12H12F3NS. The lowest BCUT2D eigenvalue weighted by molar-refractivity contribution is -0.136. The number of hydrogen-bond acceptors (Lipinski definition) is 2. The minimum absolute atomic E-state index is 0.339. The Balaban J connectivity index is 2.49. The van der Waals surface area contributed by atoms with Crippen LogP contribution in [0.25, 0.3) is 10.1 Å². The Labute approximate surface area is 101 Å². The van der Waals surface area contributed by atoms with Gasteiger partial charge in [-0.05, 0) is 42.4 Å². The summed E-state index contributed by atoms with van der Waals surface area (Å²) in [7, 11) is 1.83. The van der Waals surface area contributed by atoms with Crippen LogP contribution in [0, 0.1) is 0 Å². The lowest BCUT2D eigenvalue weighted by Crippen LogP contribution is -2.10. The molecule has 0 aliphatic rings. The first-order valence-electron chi connectivity index (χ1n) is 5.25. The van der Waals surface area contributed by atoms with Crippen LogP contribution in [0.4, 0.5) is 13.2 Å². The fourth-order valence-electron chi connectivity index (χ4n) is 1.79. The summed E-state index contributed by atoms with van der Waals surface area (Å²) < 4.78 is 38.7. The average Bonchev–Trinajstić information content (AvgIpc) is 2.67. The summed E-state index contributed by atoms with van der Waals surface area (Å²) in [6.07, 6.45) is -3.53. The Morgan fingerprint density at radius 2 is 2.06 bits per heavy atom. The molecule has 1 N–H and O–H groups in total. The van der Waals surface area contributed by atoms with Crippen molar-refractivity contribution in [2.24, 2.45) is 0 Å². The maximum Gasteiger partial charge on any atom is 0.417 e. The second-order valence-electron chi connectivity index (χ2n) is 3.79. The molecule has 0 atom stereocenters. The van der Waals surface area contributed by atoms with Gasteiger partial charge in [0, 0.05) is 4.70 Å². The highest BCUT2D eigenvalue weighted by molar-refractivity contribution is 7.17. The summed E-state index contributed by atoms with van der Waals surface area (Å²) in [5.41, 5.74) is 0.446. The number of rotatable bonds is 3. The predicted molar refractivity (Wildman–Crippen MR) is 64.5 cm³/mol. The average molecular weight is 259 g/mol. The number of likely N-dealkylation sites (N-methyl/N-ethyl adjacent to an activating group) is 1. The fourth-order valence-corrected chi connectivity index (χ4v) is 2.93. The minimum atomic E-state index is -4.27. The molecule has 92 valence electrons. The number of nitrogens with one attached hydrogen (secondary N) is 1. The molecule has 0 spiro atoms. The van der Waals surface area contributed by atoms with Crippen LogP contribution in [0.2, 0.25) is 0 Å². The minimum Gasteiger partial charge on any atom is -0.319 e. The van der Waals surface area contributed by atoms with E-state index in [0.29, 0.717) is 4.70 Å². The highest BCUT2D eigenvalue weighted by Crippen LogP contribution is 2.38. The van der Waals surface area contributed by atoms with Crippen molar-refractivity contribution in [3.05, 3.63) is 34.7 Å². The number of fused-ring (bicyclic) bond motifs is 1. The quantitative estimate of drug-likeness (QED) is 0.886. The van der Waals surface area contributed by atoms with Crippen LogP contribution in [0.3, 0.4) is 0 Å². The Bertz CT molecular complexity index is 516. The summed E-state index contributed by atoms with van der Waals surface area (Å²) in [6.45, 7) is 0.766.